The fourth-order valence-corrected chi connectivity index (χ4v) is 3.12. The summed E-state index contributed by atoms with van der Waals surface area (Å²) in [5.74, 6) is -0.699. The zero-order valence-corrected chi connectivity index (χ0v) is 18.7. The van der Waals surface area contributed by atoms with Gasteiger partial charge in [-0.1, -0.05) is 17.7 Å². The lowest BCUT2D eigenvalue weighted by Crippen LogP contribution is -2.27. The number of benzene rings is 1. The van der Waals surface area contributed by atoms with Crippen molar-refractivity contribution in [1.82, 2.24) is 24.7 Å². The van der Waals surface area contributed by atoms with Crippen molar-refractivity contribution in [3.63, 3.8) is 0 Å². The Bertz CT molecular complexity index is 1460. The van der Waals surface area contributed by atoms with Crippen LogP contribution in [0, 0.1) is 5.82 Å². The molecule has 4 rings (SSSR count). The Labute approximate surface area is 202 Å². The van der Waals surface area contributed by atoms with Gasteiger partial charge in [-0.25, -0.2) is 19.3 Å². The van der Waals surface area contributed by atoms with E-state index in [1.54, 1.807) is 6.08 Å². The van der Waals surface area contributed by atoms with Gasteiger partial charge in [-0.05, 0) is 24.3 Å². The average molecular weight is 494 g/mol. The third kappa shape index (κ3) is 5.31. The lowest BCUT2D eigenvalue weighted by molar-refractivity contribution is 0.102. The van der Waals surface area contributed by atoms with E-state index in [1.807, 2.05) is 0 Å². The quantitative estimate of drug-likeness (QED) is 0.372. The molecule has 0 unspecified atom stereocenters. The molecular weight excluding hydrogens is 477 g/mol. The number of hydrogen-bond acceptors (Lipinski definition) is 8. The first kappa shape index (κ1) is 23.5. The summed E-state index contributed by atoms with van der Waals surface area (Å²) < 4.78 is 20.3. The summed E-state index contributed by atoms with van der Waals surface area (Å²) in [6, 6.07) is 6.73. The second-order valence-electron chi connectivity index (χ2n) is 7.04. The number of carbonyl (C=O) groups excluding carboxylic acids is 1. The molecule has 0 spiro atoms. The molecular formula is C23H17ClFN7O3. The normalized spacial score (nSPS) is 10.6. The molecule has 0 atom stereocenters. The summed E-state index contributed by atoms with van der Waals surface area (Å²) >= 11 is 6.05. The number of nitrogens with one attached hydrogen (secondary N) is 1. The molecule has 4 aromatic rings. The van der Waals surface area contributed by atoms with Crippen molar-refractivity contribution in [3.05, 3.63) is 94.4 Å². The molecule has 176 valence electrons. The van der Waals surface area contributed by atoms with Gasteiger partial charge in [-0.3, -0.25) is 19.6 Å². The first-order chi connectivity index (χ1) is 16.9. The predicted octanol–water partition coefficient (Wildman–Crippen LogP) is 3.70. The van der Waals surface area contributed by atoms with Gasteiger partial charge < -0.3 is 10.5 Å². The van der Waals surface area contributed by atoms with Gasteiger partial charge in [-0.2, -0.15) is 5.10 Å². The monoisotopic (exact) mass is 493 g/mol. The van der Waals surface area contributed by atoms with Crippen molar-refractivity contribution >= 4 is 29.3 Å². The Morgan fingerprint density at radius 2 is 1.91 bits per heavy atom. The van der Waals surface area contributed by atoms with Crippen LogP contribution in [0.5, 0.6) is 11.5 Å². The highest BCUT2D eigenvalue weighted by atomic mass is 35.5. The highest BCUT2D eigenvalue weighted by Gasteiger charge is 2.18. The minimum atomic E-state index is -0.753. The third-order valence-corrected chi connectivity index (χ3v) is 4.99. The van der Waals surface area contributed by atoms with Gasteiger partial charge in [0.25, 0.3) is 5.91 Å². The maximum atomic E-state index is 13.3. The molecule has 1 amide bonds. The maximum Gasteiger partial charge on any atom is 0.263 e. The minimum Gasteiger partial charge on any atom is -0.452 e. The van der Waals surface area contributed by atoms with E-state index in [-0.39, 0.29) is 46.1 Å². The highest BCUT2D eigenvalue weighted by Crippen LogP contribution is 2.31. The number of hydrogen-bond donors (Lipinski definition) is 2. The highest BCUT2D eigenvalue weighted by molar-refractivity contribution is 6.34. The molecule has 0 aliphatic carbocycles. The van der Waals surface area contributed by atoms with Crippen molar-refractivity contribution < 1.29 is 13.9 Å². The van der Waals surface area contributed by atoms with Gasteiger partial charge in [0.2, 0.25) is 11.4 Å². The average Bonchev–Trinajstić information content (AvgIpc) is 2.85. The molecule has 3 aromatic heterocycles. The van der Waals surface area contributed by atoms with Crippen molar-refractivity contribution in [2.24, 2.45) is 0 Å². The molecule has 0 saturated heterocycles. The standard InChI is InChI=1S/C23H17ClFN7O3/c1-2-9-32-12-16(20(33)19(31-32)13-3-5-14(25)6-4-13)22(34)30-23-28-10-15(11-29-23)35-17-7-8-27-21(26)18(17)24/h2-8,10-12H,1,9H2,(H2,26,27)(H,28,29,30,34). The number of halogens is 2. The van der Waals surface area contributed by atoms with Gasteiger partial charge in [0.05, 0.1) is 18.9 Å². The number of nitrogen functional groups attached to an aromatic ring is 1. The SMILES string of the molecule is C=CCn1cc(C(=O)Nc2ncc(Oc3ccnc(N)c3Cl)cn2)c(=O)c(-c2ccc(F)cc2)n1. The molecule has 0 radical (unpaired) electrons. The Morgan fingerprint density at radius 1 is 1.20 bits per heavy atom. The molecule has 35 heavy (non-hydrogen) atoms. The van der Waals surface area contributed by atoms with E-state index >= 15 is 0 Å². The summed E-state index contributed by atoms with van der Waals surface area (Å²) in [5, 5.41) is 6.84. The van der Waals surface area contributed by atoms with Crippen LogP contribution in [0.15, 0.2) is 72.6 Å². The number of ether oxygens (including phenoxy) is 1. The van der Waals surface area contributed by atoms with Crippen LogP contribution in [0.25, 0.3) is 11.3 Å². The zero-order chi connectivity index (χ0) is 24.9. The number of amides is 1. The fourth-order valence-electron chi connectivity index (χ4n) is 2.97. The summed E-state index contributed by atoms with van der Waals surface area (Å²) in [6.45, 7) is 3.88. The van der Waals surface area contributed by atoms with E-state index in [2.05, 4.69) is 31.9 Å². The smallest absolute Gasteiger partial charge is 0.263 e. The molecule has 3 N–H and O–H groups in total. The predicted molar refractivity (Wildman–Crippen MR) is 128 cm³/mol. The number of pyridine rings is 1. The van der Waals surface area contributed by atoms with Crippen LogP contribution in [0.3, 0.4) is 0 Å². The Kier molecular flexibility index (Phi) is 6.78. The van der Waals surface area contributed by atoms with Crippen LogP contribution in [-0.4, -0.2) is 30.6 Å². The van der Waals surface area contributed by atoms with Crippen LogP contribution in [0.4, 0.5) is 16.2 Å². The zero-order valence-electron chi connectivity index (χ0n) is 18.0. The van der Waals surface area contributed by atoms with Crippen LogP contribution in [-0.2, 0) is 6.54 Å². The lowest BCUT2D eigenvalue weighted by atomic mass is 10.1. The van der Waals surface area contributed by atoms with Crippen LogP contribution < -0.4 is 21.2 Å². The van der Waals surface area contributed by atoms with Crippen molar-refractivity contribution in [1.29, 1.82) is 0 Å². The summed E-state index contributed by atoms with van der Waals surface area (Å²) in [5.41, 5.74) is 5.15. The van der Waals surface area contributed by atoms with Crippen LogP contribution in [0.1, 0.15) is 10.4 Å². The largest absolute Gasteiger partial charge is 0.452 e. The van der Waals surface area contributed by atoms with E-state index in [4.69, 9.17) is 22.1 Å². The van der Waals surface area contributed by atoms with Gasteiger partial charge in [0, 0.05) is 24.0 Å². The summed E-state index contributed by atoms with van der Waals surface area (Å²) in [7, 11) is 0. The first-order valence-electron chi connectivity index (χ1n) is 10.1. The van der Waals surface area contributed by atoms with E-state index < -0.39 is 17.2 Å². The van der Waals surface area contributed by atoms with Crippen molar-refractivity contribution in [3.8, 4) is 22.8 Å². The van der Waals surface area contributed by atoms with E-state index in [0.29, 0.717) is 5.56 Å². The molecule has 0 fully saturated rings. The number of aromatic nitrogens is 5. The van der Waals surface area contributed by atoms with Gasteiger partial charge in [-0.15, -0.1) is 6.58 Å². The summed E-state index contributed by atoms with van der Waals surface area (Å²) in [4.78, 5) is 37.8. The second kappa shape index (κ2) is 10.1. The molecule has 0 saturated carbocycles. The number of nitrogens with zero attached hydrogens (tertiary/aromatic N) is 5. The topological polar surface area (TPSA) is 138 Å². The number of allylic oxidation sites excluding steroid dienone is 1. The number of nitrogens with two attached hydrogens (primary N) is 1. The van der Waals surface area contributed by atoms with E-state index in [9.17, 15) is 14.0 Å². The molecule has 1 aromatic carbocycles. The lowest BCUT2D eigenvalue weighted by Gasteiger charge is -2.10. The molecule has 3 heterocycles. The number of rotatable bonds is 7. The van der Waals surface area contributed by atoms with Crippen LogP contribution in [0.2, 0.25) is 5.02 Å². The first-order valence-corrected chi connectivity index (χ1v) is 10.4. The van der Waals surface area contributed by atoms with E-state index in [0.717, 1.165) is 0 Å². The van der Waals surface area contributed by atoms with Gasteiger partial charge in [0.15, 0.2) is 11.5 Å². The van der Waals surface area contributed by atoms with E-state index in [1.165, 1.54) is 59.8 Å². The van der Waals surface area contributed by atoms with Crippen LogP contribution >= 0.6 is 11.6 Å². The third-order valence-electron chi connectivity index (χ3n) is 4.61. The summed E-state index contributed by atoms with van der Waals surface area (Å²) in [6.07, 6.45) is 6.89. The maximum absolute atomic E-state index is 13.3. The van der Waals surface area contributed by atoms with Gasteiger partial charge in [0.1, 0.15) is 27.9 Å². The Hall–Kier alpha value is -4.64. The van der Waals surface area contributed by atoms with Gasteiger partial charge >= 0.3 is 0 Å². The number of anilines is 2. The molecule has 10 nitrogen and oxygen atoms in total. The molecule has 0 aliphatic heterocycles. The molecule has 0 aliphatic rings. The minimum absolute atomic E-state index is 0.0160. The fraction of sp³-hybridized carbons (Fsp3) is 0.0435. The number of carbonyl (C=O) groups is 1. The van der Waals surface area contributed by atoms with Crippen molar-refractivity contribution in [2.45, 2.75) is 6.54 Å². The Balaban J connectivity index is 1.58. The second-order valence-corrected chi connectivity index (χ2v) is 7.42. The Morgan fingerprint density at radius 3 is 2.60 bits per heavy atom. The van der Waals surface area contributed by atoms with Crippen molar-refractivity contribution in [2.75, 3.05) is 11.1 Å². The molecule has 12 heteroatoms. The molecule has 0 bridgehead atoms.